The third-order valence-corrected chi connectivity index (χ3v) is 1.87. The fourth-order valence-corrected chi connectivity index (χ4v) is 1.36. The Bertz CT molecular complexity index is 502. The molecule has 0 fully saturated rings. The number of nitro benzene ring substituents is 1. The SMILES string of the molecule is O=[N+]([O-])c1cc(Cl)cc(OS(=O)(=O)F)c1. The van der Waals surface area contributed by atoms with E-state index in [0.717, 1.165) is 18.2 Å². The molecule has 0 aliphatic heterocycles. The van der Waals surface area contributed by atoms with Gasteiger partial charge in [-0.3, -0.25) is 10.1 Å². The number of nitro groups is 1. The summed E-state index contributed by atoms with van der Waals surface area (Å²) < 4.78 is 36.0. The second-order valence-corrected chi connectivity index (χ2v) is 3.77. The lowest BCUT2D eigenvalue weighted by molar-refractivity contribution is -0.384. The molecule has 82 valence electrons. The van der Waals surface area contributed by atoms with Crippen molar-refractivity contribution in [1.29, 1.82) is 0 Å². The van der Waals surface area contributed by atoms with Gasteiger partial charge in [-0.25, -0.2) is 0 Å². The molecule has 6 nitrogen and oxygen atoms in total. The molecule has 0 aliphatic rings. The van der Waals surface area contributed by atoms with Crippen molar-refractivity contribution in [3.8, 4) is 5.75 Å². The molecule has 1 aromatic rings. The third kappa shape index (κ3) is 3.68. The number of benzene rings is 1. The van der Waals surface area contributed by atoms with Gasteiger partial charge in [0.05, 0.1) is 16.0 Å². The van der Waals surface area contributed by atoms with Gasteiger partial charge in [-0.2, -0.15) is 8.42 Å². The van der Waals surface area contributed by atoms with Crippen LogP contribution in [0.4, 0.5) is 9.57 Å². The highest BCUT2D eigenvalue weighted by atomic mass is 35.5. The van der Waals surface area contributed by atoms with Crippen LogP contribution in [0.5, 0.6) is 5.75 Å². The first-order chi connectivity index (χ1) is 6.78. The zero-order chi connectivity index (χ0) is 11.6. The molecule has 0 amide bonds. The molecule has 15 heavy (non-hydrogen) atoms. The molecule has 0 unspecified atom stereocenters. The summed E-state index contributed by atoms with van der Waals surface area (Å²) in [4.78, 5) is 9.50. The minimum absolute atomic E-state index is 0.136. The summed E-state index contributed by atoms with van der Waals surface area (Å²) in [5.74, 6) is -0.559. The van der Waals surface area contributed by atoms with Gasteiger partial charge in [0.25, 0.3) is 5.69 Å². The van der Waals surface area contributed by atoms with Crippen LogP contribution in [0.3, 0.4) is 0 Å². The highest BCUT2D eigenvalue weighted by Crippen LogP contribution is 2.26. The van der Waals surface area contributed by atoms with Crippen LogP contribution in [0.2, 0.25) is 5.02 Å². The van der Waals surface area contributed by atoms with Gasteiger partial charge in [-0.05, 0) is 0 Å². The smallest absolute Gasteiger partial charge is 0.358 e. The lowest BCUT2D eigenvalue weighted by Crippen LogP contribution is -2.01. The van der Waals surface area contributed by atoms with Crippen molar-refractivity contribution in [1.82, 2.24) is 0 Å². The van der Waals surface area contributed by atoms with Gasteiger partial charge in [-0.15, -0.1) is 0 Å². The number of non-ortho nitro benzene ring substituents is 1. The fourth-order valence-electron chi connectivity index (χ4n) is 0.816. The van der Waals surface area contributed by atoms with Gasteiger partial charge in [0.2, 0.25) is 0 Å². The predicted molar refractivity (Wildman–Crippen MR) is 48.8 cm³/mol. The Morgan fingerprint density at radius 2 is 2.00 bits per heavy atom. The van der Waals surface area contributed by atoms with Crippen LogP contribution >= 0.6 is 11.6 Å². The van der Waals surface area contributed by atoms with Crippen LogP contribution in [-0.2, 0) is 10.5 Å². The predicted octanol–water partition coefficient (Wildman–Crippen LogP) is 1.84. The molecule has 1 rings (SSSR count). The molecule has 0 bridgehead atoms. The molecule has 9 heteroatoms. The first kappa shape index (κ1) is 11.7. The number of hydrogen-bond acceptors (Lipinski definition) is 5. The molecule has 0 heterocycles. The standard InChI is InChI=1S/C6H3ClFNO5S/c7-4-1-5(9(10)11)3-6(2-4)14-15(8,12)13/h1-3H. The molecular weight excluding hydrogens is 253 g/mol. The molecule has 0 radical (unpaired) electrons. The molecule has 0 saturated heterocycles. The summed E-state index contributed by atoms with van der Waals surface area (Å²) >= 11 is 5.42. The monoisotopic (exact) mass is 255 g/mol. The van der Waals surface area contributed by atoms with Crippen LogP contribution in [0.1, 0.15) is 0 Å². The van der Waals surface area contributed by atoms with Crippen molar-refractivity contribution in [3.05, 3.63) is 33.3 Å². The van der Waals surface area contributed by atoms with Crippen LogP contribution in [0, 0.1) is 10.1 Å². The number of rotatable bonds is 3. The summed E-state index contributed by atoms with van der Waals surface area (Å²) in [6.45, 7) is 0. The summed E-state index contributed by atoms with van der Waals surface area (Å²) in [7, 11) is -5.22. The van der Waals surface area contributed by atoms with E-state index in [-0.39, 0.29) is 5.02 Å². The second-order valence-electron chi connectivity index (χ2n) is 2.38. The molecule has 0 aliphatic carbocycles. The average Bonchev–Trinajstić information content (AvgIpc) is 1.99. The average molecular weight is 256 g/mol. The minimum Gasteiger partial charge on any atom is -0.358 e. The van der Waals surface area contributed by atoms with Gasteiger partial charge in [0.15, 0.2) is 5.75 Å². The van der Waals surface area contributed by atoms with E-state index in [4.69, 9.17) is 11.6 Å². The Labute approximate surface area is 88.8 Å². The van der Waals surface area contributed by atoms with Crippen LogP contribution in [0.25, 0.3) is 0 Å². The van der Waals surface area contributed by atoms with E-state index >= 15 is 0 Å². The molecule has 0 saturated carbocycles. The first-order valence-corrected chi connectivity index (χ1v) is 5.05. The Morgan fingerprint density at radius 1 is 1.40 bits per heavy atom. The zero-order valence-corrected chi connectivity index (χ0v) is 8.46. The third-order valence-electron chi connectivity index (χ3n) is 1.26. The maximum absolute atomic E-state index is 12.1. The van der Waals surface area contributed by atoms with E-state index in [9.17, 15) is 22.4 Å². The molecule has 0 N–H and O–H groups in total. The van der Waals surface area contributed by atoms with E-state index in [1.165, 1.54) is 0 Å². The maximum atomic E-state index is 12.1. The van der Waals surface area contributed by atoms with Gasteiger partial charge in [0.1, 0.15) is 0 Å². The van der Waals surface area contributed by atoms with E-state index in [1.807, 2.05) is 0 Å². The minimum atomic E-state index is -5.22. The molecule has 0 aromatic heterocycles. The van der Waals surface area contributed by atoms with Gasteiger partial charge in [-0.1, -0.05) is 15.5 Å². The summed E-state index contributed by atoms with van der Waals surface area (Å²) in [6, 6.07) is 2.65. The Kier molecular flexibility index (Phi) is 3.10. The van der Waals surface area contributed by atoms with E-state index in [1.54, 1.807) is 0 Å². The van der Waals surface area contributed by atoms with Gasteiger partial charge in [0, 0.05) is 12.1 Å². The maximum Gasteiger partial charge on any atom is 0.488 e. The van der Waals surface area contributed by atoms with Crippen molar-refractivity contribution >= 4 is 27.8 Å². The van der Waals surface area contributed by atoms with Crippen LogP contribution in [-0.4, -0.2) is 13.3 Å². The molecule has 0 spiro atoms. The number of halogens is 2. The number of nitrogens with zero attached hydrogens (tertiary/aromatic N) is 1. The van der Waals surface area contributed by atoms with E-state index in [0.29, 0.717) is 0 Å². The summed E-state index contributed by atoms with van der Waals surface area (Å²) in [5, 5.41) is 10.2. The van der Waals surface area contributed by atoms with E-state index in [2.05, 4.69) is 4.18 Å². The van der Waals surface area contributed by atoms with E-state index < -0.39 is 26.9 Å². The topological polar surface area (TPSA) is 86.5 Å². The van der Waals surface area contributed by atoms with Gasteiger partial charge < -0.3 is 4.18 Å². The lowest BCUT2D eigenvalue weighted by atomic mass is 10.3. The number of hydrogen-bond donors (Lipinski definition) is 0. The lowest BCUT2D eigenvalue weighted by Gasteiger charge is -2.00. The largest absolute Gasteiger partial charge is 0.488 e. The molecular formula is C6H3ClFNO5S. The Balaban J connectivity index is 3.15. The normalized spacial score (nSPS) is 11.1. The zero-order valence-electron chi connectivity index (χ0n) is 6.88. The second kappa shape index (κ2) is 3.99. The quantitative estimate of drug-likeness (QED) is 0.467. The van der Waals surface area contributed by atoms with Crippen molar-refractivity contribution in [2.45, 2.75) is 0 Å². The highest BCUT2D eigenvalue weighted by molar-refractivity contribution is 7.81. The van der Waals surface area contributed by atoms with Crippen LogP contribution in [0.15, 0.2) is 18.2 Å². The molecule has 0 atom stereocenters. The Morgan fingerprint density at radius 3 is 2.47 bits per heavy atom. The Hall–Kier alpha value is -1.41. The van der Waals surface area contributed by atoms with Crippen molar-refractivity contribution < 1.29 is 21.4 Å². The van der Waals surface area contributed by atoms with Crippen molar-refractivity contribution in [2.75, 3.05) is 0 Å². The van der Waals surface area contributed by atoms with Gasteiger partial charge >= 0.3 is 10.5 Å². The van der Waals surface area contributed by atoms with Crippen molar-refractivity contribution in [2.24, 2.45) is 0 Å². The first-order valence-electron chi connectivity index (χ1n) is 3.37. The summed E-state index contributed by atoms with van der Waals surface area (Å²) in [5.41, 5.74) is -0.499. The highest BCUT2D eigenvalue weighted by Gasteiger charge is 2.15. The van der Waals surface area contributed by atoms with Crippen molar-refractivity contribution in [3.63, 3.8) is 0 Å². The van der Waals surface area contributed by atoms with Crippen LogP contribution < -0.4 is 4.18 Å². The molecule has 1 aromatic carbocycles. The fraction of sp³-hybridized carbons (Fsp3) is 0. The summed E-state index contributed by atoms with van der Waals surface area (Å²) in [6.07, 6.45) is 0.